The van der Waals surface area contributed by atoms with Gasteiger partial charge in [0.25, 0.3) is 0 Å². The first-order valence-electron chi connectivity index (χ1n) is 6.37. The van der Waals surface area contributed by atoms with Gasteiger partial charge in [0.2, 0.25) is 10.0 Å². The lowest BCUT2D eigenvalue weighted by atomic mass is 10.2. The van der Waals surface area contributed by atoms with Gasteiger partial charge in [-0.2, -0.15) is 0 Å². The van der Waals surface area contributed by atoms with Gasteiger partial charge >= 0.3 is 0 Å². The number of sulfonamides is 1. The smallest absolute Gasteiger partial charge is 0.240 e. The Bertz CT molecular complexity index is 547. The van der Waals surface area contributed by atoms with Gasteiger partial charge in [0.05, 0.1) is 11.5 Å². The number of likely N-dealkylation sites (N-methyl/N-ethyl adjacent to an activating group) is 1. The Morgan fingerprint density at radius 2 is 2.05 bits per heavy atom. The number of benzene rings is 1. The highest BCUT2D eigenvalue weighted by molar-refractivity contribution is 7.89. The molecule has 7 heteroatoms. The van der Waals surface area contributed by atoms with Crippen molar-refractivity contribution in [3.63, 3.8) is 0 Å². The van der Waals surface area contributed by atoms with Crippen LogP contribution < -0.4 is 4.72 Å². The zero-order valence-corrected chi connectivity index (χ0v) is 12.7. The number of aliphatic hydroxyl groups is 1. The molecule has 114 valence electrons. The Morgan fingerprint density at radius 1 is 1.40 bits per heavy atom. The lowest BCUT2D eigenvalue weighted by Crippen LogP contribution is -2.36. The molecule has 0 aromatic heterocycles. The van der Waals surface area contributed by atoms with E-state index in [0.717, 1.165) is 12.1 Å². The number of hydrogen-bond acceptors (Lipinski definition) is 4. The van der Waals surface area contributed by atoms with Gasteiger partial charge in [0.15, 0.2) is 0 Å². The minimum atomic E-state index is -3.69. The van der Waals surface area contributed by atoms with Crippen molar-refractivity contribution in [3.05, 3.63) is 29.6 Å². The fourth-order valence-electron chi connectivity index (χ4n) is 1.54. The molecule has 0 aliphatic carbocycles. The Kier molecular flexibility index (Phi) is 6.07. The van der Waals surface area contributed by atoms with Crippen LogP contribution in [0, 0.1) is 5.82 Å². The quantitative estimate of drug-likeness (QED) is 0.786. The van der Waals surface area contributed by atoms with Crippen LogP contribution in [0.3, 0.4) is 0 Å². The van der Waals surface area contributed by atoms with Crippen LogP contribution in [0.2, 0.25) is 0 Å². The van der Waals surface area contributed by atoms with Crippen LogP contribution in [0.5, 0.6) is 0 Å². The lowest BCUT2D eigenvalue weighted by Gasteiger charge is -2.20. The van der Waals surface area contributed by atoms with Crippen LogP contribution in [0.1, 0.15) is 19.4 Å². The highest BCUT2D eigenvalue weighted by atomic mass is 32.2. The first kappa shape index (κ1) is 17.0. The maximum Gasteiger partial charge on any atom is 0.240 e. The van der Waals surface area contributed by atoms with E-state index in [4.69, 9.17) is 5.11 Å². The predicted octanol–water partition coefficient (Wildman–Crippen LogP) is 0.936. The third-order valence-corrected chi connectivity index (χ3v) is 4.59. The van der Waals surface area contributed by atoms with Crippen LogP contribution in [-0.4, -0.2) is 44.6 Å². The van der Waals surface area contributed by atoms with Gasteiger partial charge in [-0.3, -0.25) is 0 Å². The van der Waals surface area contributed by atoms with E-state index in [2.05, 4.69) is 4.72 Å². The predicted molar refractivity (Wildman–Crippen MR) is 75.3 cm³/mol. The zero-order chi connectivity index (χ0) is 15.3. The first-order valence-corrected chi connectivity index (χ1v) is 7.85. The van der Waals surface area contributed by atoms with Crippen molar-refractivity contribution >= 4 is 10.0 Å². The van der Waals surface area contributed by atoms with Crippen LogP contribution in [-0.2, 0) is 16.6 Å². The SMILES string of the molecule is CC(C)N(C)CCNS(=O)(=O)c1ccc(F)c(CO)c1. The molecule has 0 spiro atoms. The Morgan fingerprint density at radius 3 is 2.60 bits per heavy atom. The van der Waals surface area contributed by atoms with Gasteiger partial charge in [-0.25, -0.2) is 17.5 Å². The summed E-state index contributed by atoms with van der Waals surface area (Å²) in [5, 5.41) is 8.96. The molecule has 1 rings (SSSR count). The molecular formula is C13H21FN2O3S. The minimum absolute atomic E-state index is 0.0350. The molecule has 0 bridgehead atoms. The standard InChI is InChI=1S/C13H21FN2O3S/c1-10(2)16(3)7-6-15-20(18,19)12-4-5-13(14)11(8-12)9-17/h4-5,8,10,15,17H,6-7,9H2,1-3H3. The summed E-state index contributed by atoms with van der Waals surface area (Å²) in [6, 6.07) is 3.69. The van der Waals surface area contributed by atoms with E-state index in [1.807, 2.05) is 25.8 Å². The summed E-state index contributed by atoms with van der Waals surface area (Å²) in [5.74, 6) is -0.619. The van der Waals surface area contributed by atoms with Crippen molar-refractivity contribution in [2.45, 2.75) is 31.4 Å². The molecule has 0 amide bonds. The molecule has 0 saturated carbocycles. The monoisotopic (exact) mass is 304 g/mol. The second-order valence-electron chi connectivity index (χ2n) is 4.88. The summed E-state index contributed by atoms with van der Waals surface area (Å²) in [5.41, 5.74) is -0.0350. The fourth-order valence-corrected chi connectivity index (χ4v) is 2.61. The number of hydrogen-bond donors (Lipinski definition) is 2. The van der Waals surface area contributed by atoms with E-state index in [1.54, 1.807) is 0 Å². The summed E-state index contributed by atoms with van der Waals surface area (Å²) in [4.78, 5) is 1.96. The maximum atomic E-state index is 13.2. The third kappa shape index (κ3) is 4.52. The Balaban J connectivity index is 2.74. The largest absolute Gasteiger partial charge is 0.392 e. The third-order valence-electron chi connectivity index (χ3n) is 3.14. The average molecular weight is 304 g/mol. The number of aliphatic hydroxyl groups excluding tert-OH is 1. The molecule has 1 aromatic rings. The van der Waals surface area contributed by atoms with Gasteiger partial charge in [-0.1, -0.05) is 0 Å². The van der Waals surface area contributed by atoms with E-state index < -0.39 is 22.4 Å². The first-order chi connectivity index (χ1) is 9.27. The van der Waals surface area contributed by atoms with Crippen LogP contribution in [0.4, 0.5) is 4.39 Å². The molecule has 0 heterocycles. The molecule has 0 radical (unpaired) electrons. The van der Waals surface area contributed by atoms with Gasteiger partial charge in [0, 0.05) is 24.7 Å². The van der Waals surface area contributed by atoms with Crippen LogP contribution in [0.25, 0.3) is 0 Å². The van der Waals surface area contributed by atoms with Crippen molar-refractivity contribution in [1.29, 1.82) is 0 Å². The van der Waals surface area contributed by atoms with Gasteiger partial charge < -0.3 is 10.0 Å². The molecule has 0 atom stereocenters. The molecular weight excluding hydrogens is 283 g/mol. The number of nitrogens with zero attached hydrogens (tertiary/aromatic N) is 1. The average Bonchev–Trinajstić information content (AvgIpc) is 2.38. The highest BCUT2D eigenvalue weighted by Crippen LogP contribution is 2.15. The van der Waals surface area contributed by atoms with E-state index in [0.29, 0.717) is 12.6 Å². The van der Waals surface area contributed by atoms with Crippen molar-refractivity contribution in [2.24, 2.45) is 0 Å². The molecule has 0 aliphatic rings. The second-order valence-corrected chi connectivity index (χ2v) is 6.65. The van der Waals surface area contributed by atoms with Gasteiger partial charge in [-0.05, 0) is 39.1 Å². The summed E-state index contributed by atoms with van der Waals surface area (Å²) < 4.78 is 39.7. The van der Waals surface area contributed by atoms with Gasteiger partial charge in [-0.15, -0.1) is 0 Å². The second kappa shape index (κ2) is 7.12. The molecule has 0 aliphatic heterocycles. The van der Waals surface area contributed by atoms with Crippen molar-refractivity contribution in [1.82, 2.24) is 9.62 Å². The maximum absolute atomic E-state index is 13.2. The number of nitrogens with one attached hydrogen (secondary N) is 1. The summed E-state index contributed by atoms with van der Waals surface area (Å²) in [6.45, 7) is 4.34. The van der Waals surface area contributed by atoms with E-state index in [1.165, 1.54) is 6.07 Å². The van der Waals surface area contributed by atoms with E-state index in [9.17, 15) is 12.8 Å². The van der Waals surface area contributed by atoms with E-state index >= 15 is 0 Å². The Labute approximate surface area is 119 Å². The van der Waals surface area contributed by atoms with Crippen molar-refractivity contribution in [3.8, 4) is 0 Å². The van der Waals surface area contributed by atoms with Crippen molar-refractivity contribution < 1.29 is 17.9 Å². The molecule has 20 heavy (non-hydrogen) atoms. The van der Waals surface area contributed by atoms with E-state index in [-0.39, 0.29) is 17.0 Å². The van der Waals surface area contributed by atoms with Crippen LogP contribution in [0.15, 0.2) is 23.1 Å². The molecule has 0 unspecified atom stereocenters. The van der Waals surface area contributed by atoms with Crippen LogP contribution >= 0.6 is 0 Å². The lowest BCUT2D eigenvalue weighted by molar-refractivity contribution is 0.275. The molecule has 5 nitrogen and oxygen atoms in total. The molecule has 1 aromatic carbocycles. The molecule has 0 fully saturated rings. The van der Waals surface area contributed by atoms with Crippen molar-refractivity contribution in [2.75, 3.05) is 20.1 Å². The van der Waals surface area contributed by atoms with Gasteiger partial charge in [0.1, 0.15) is 5.82 Å². The highest BCUT2D eigenvalue weighted by Gasteiger charge is 2.16. The topological polar surface area (TPSA) is 69.6 Å². The fraction of sp³-hybridized carbons (Fsp3) is 0.538. The summed E-state index contributed by atoms with van der Waals surface area (Å²) >= 11 is 0. The number of rotatable bonds is 7. The minimum Gasteiger partial charge on any atom is -0.392 e. The molecule has 0 saturated heterocycles. The summed E-state index contributed by atoms with van der Waals surface area (Å²) in [7, 11) is -1.78. The zero-order valence-electron chi connectivity index (χ0n) is 11.9. The molecule has 2 N–H and O–H groups in total. The Hall–Kier alpha value is -1.02. The normalized spacial score (nSPS) is 12.3. The summed E-state index contributed by atoms with van der Waals surface area (Å²) in [6.07, 6.45) is 0. The number of halogens is 1.